The van der Waals surface area contributed by atoms with Crippen LogP contribution in [0.5, 0.6) is 0 Å². The van der Waals surface area contributed by atoms with Gasteiger partial charge in [0.05, 0.1) is 5.56 Å². The van der Waals surface area contributed by atoms with Gasteiger partial charge in [-0.2, -0.15) is 0 Å². The third-order valence-corrected chi connectivity index (χ3v) is 8.30. The fraction of sp³-hybridized carbons (Fsp3) is 0.400. The van der Waals surface area contributed by atoms with Gasteiger partial charge in [-0.1, -0.05) is 43.2 Å². The molecule has 2 fully saturated rings. The molecule has 0 N–H and O–H groups in total. The molecule has 1 amide bonds. The van der Waals surface area contributed by atoms with Crippen molar-refractivity contribution < 1.29 is 4.79 Å². The molecule has 1 saturated carbocycles. The highest BCUT2D eigenvalue weighted by Gasteiger charge is 2.29. The Labute approximate surface area is 211 Å². The molecule has 2 aromatic carbocycles. The van der Waals surface area contributed by atoms with Crippen molar-refractivity contribution in [3.8, 4) is 0 Å². The first-order chi connectivity index (χ1) is 17.4. The van der Waals surface area contributed by atoms with Crippen molar-refractivity contribution >= 4 is 33.4 Å². The van der Waals surface area contributed by atoms with Gasteiger partial charge >= 0.3 is 0 Å². The third-order valence-electron chi connectivity index (χ3n) is 8.30. The van der Waals surface area contributed by atoms with Crippen LogP contribution in [0.4, 0.5) is 5.69 Å². The fourth-order valence-corrected chi connectivity index (χ4v) is 6.30. The zero-order valence-corrected chi connectivity index (χ0v) is 21.5. The van der Waals surface area contributed by atoms with Gasteiger partial charge < -0.3 is 18.9 Å². The van der Waals surface area contributed by atoms with Crippen LogP contribution in [0.15, 0.2) is 53.5 Å². The van der Waals surface area contributed by atoms with E-state index in [0.29, 0.717) is 24.2 Å². The number of pyridine rings is 1. The second-order valence-corrected chi connectivity index (χ2v) is 10.6. The number of nitrogens with zero attached hydrogens (tertiary/aromatic N) is 4. The minimum atomic E-state index is 0.0203. The summed E-state index contributed by atoms with van der Waals surface area (Å²) >= 11 is 0. The van der Waals surface area contributed by atoms with E-state index in [9.17, 15) is 9.59 Å². The first-order valence-corrected chi connectivity index (χ1v) is 13.2. The summed E-state index contributed by atoms with van der Waals surface area (Å²) in [5, 5.41) is 1.78. The van der Waals surface area contributed by atoms with E-state index in [1.54, 1.807) is 0 Å². The van der Waals surface area contributed by atoms with Crippen LogP contribution in [-0.4, -0.2) is 46.1 Å². The number of rotatable bonds is 3. The van der Waals surface area contributed by atoms with Crippen LogP contribution < -0.4 is 10.5 Å². The number of amides is 1. The number of carbonyl (C=O) groups is 1. The van der Waals surface area contributed by atoms with Gasteiger partial charge in [0.1, 0.15) is 5.52 Å². The number of aromatic nitrogens is 2. The lowest BCUT2D eigenvalue weighted by Crippen LogP contribution is -2.49. The zero-order chi connectivity index (χ0) is 25.0. The lowest BCUT2D eigenvalue weighted by atomic mass is 10.1. The number of aryl methyl sites for hydroxylation is 3. The second kappa shape index (κ2) is 8.84. The van der Waals surface area contributed by atoms with Crippen LogP contribution in [0.2, 0.25) is 0 Å². The molecule has 0 radical (unpaired) electrons. The van der Waals surface area contributed by atoms with E-state index in [0.717, 1.165) is 55.1 Å². The Bertz CT molecular complexity index is 1530. The third kappa shape index (κ3) is 3.62. The number of hydrogen-bond donors (Lipinski definition) is 0. The molecular weight excluding hydrogens is 448 g/mol. The van der Waals surface area contributed by atoms with E-state index in [1.807, 2.05) is 51.5 Å². The van der Waals surface area contributed by atoms with Crippen LogP contribution in [-0.2, 0) is 7.05 Å². The number of carbonyl (C=O) groups excluding carboxylic acids is 1. The van der Waals surface area contributed by atoms with E-state index in [4.69, 9.17) is 0 Å². The van der Waals surface area contributed by atoms with Gasteiger partial charge in [-0.15, -0.1) is 0 Å². The van der Waals surface area contributed by atoms with E-state index in [1.165, 1.54) is 16.8 Å². The Hall–Kier alpha value is -3.54. The van der Waals surface area contributed by atoms with Crippen molar-refractivity contribution in [3.63, 3.8) is 0 Å². The monoisotopic (exact) mass is 482 g/mol. The lowest BCUT2D eigenvalue weighted by Gasteiger charge is -2.37. The van der Waals surface area contributed by atoms with Crippen LogP contribution in [0.25, 0.3) is 21.8 Å². The van der Waals surface area contributed by atoms with Gasteiger partial charge in [-0.05, 0) is 49.9 Å². The molecule has 6 heteroatoms. The first kappa shape index (κ1) is 22.9. The summed E-state index contributed by atoms with van der Waals surface area (Å²) in [5.74, 6) is 0.0312. The predicted octanol–water partition coefficient (Wildman–Crippen LogP) is 5.19. The molecule has 6 nitrogen and oxygen atoms in total. The van der Waals surface area contributed by atoms with E-state index in [-0.39, 0.29) is 17.5 Å². The molecule has 0 bridgehead atoms. The topological polar surface area (TPSA) is 50.5 Å². The van der Waals surface area contributed by atoms with Crippen molar-refractivity contribution in [1.82, 2.24) is 14.0 Å². The molecule has 1 saturated heterocycles. The summed E-state index contributed by atoms with van der Waals surface area (Å²) in [6.07, 6.45) is 6.14. The van der Waals surface area contributed by atoms with Gasteiger partial charge in [0.2, 0.25) is 0 Å². The van der Waals surface area contributed by atoms with Crippen molar-refractivity contribution in [2.75, 3.05) is 31.1 Å². The van der Waals surface area contributed by atoms with Crippen molar-refractivity contribution in [2.24, 2.45) is 7.05 Å². The molecule has 6 rings (SSSR count). The van der Waals surface area contributed by atoms with Gasteiger partial charge in [-0.25, -0.2) is 0 Å². The summed E-state index contributed by atoms with van der Waals surface area (Å²) in [6.45, 7) is 7.21. The minimum Gasteiger partial charge on any atom is -0.368 e. The van der Waals surface area contributed by atoms with Gasteiger partial charge in [0.25, 0.3) is 11.5 Å². The highest BCUT2D eigenvalue weighted by atomic mass is 16.2. The molecule has 2 aromatic heterocycles. The smallest absolute Gasteiger partial charge is 0.275 e. The summed E-state index contributed by atoms with van der Waals surface area (Å²) in [6, 6.07) is 14.8. The Balaban J connectivity index is 1.41. The summed E-state index contributed by atoms with van der Waals surface area (Å²) in [7, 11) is 1.95. The largest absolute Gasteiger partial charge is 0.368 e. The Morgan fingerprint density at radius 2 is 1.67 bits per heavy atom. The summed E-state index contributed by atoms with van der Waals surface area (Å²) < 4.78 is 3.85. The Morgan fingerprint density at radius 1 is 0.944 bits per heavy atom. The molecule has 1 aliphatic heterocycles. The number of anilines is 1. The van der Waals surface area contributed by atoms with E-state index in [2.05, 4.69) is 36.9 Å². The minimum absolute atomic E-state index is 0.0203. The summed E-state index contributed by atoms with van der Waals surface area (Å²) in [5.41, 5.74) is 6.09. The maximum Gasteiger partial charge on any atom is 0.275 e. The summed E-state index contributed by atoms with van der Waals surface area (Å²) in [4.78, 5) is 32.2. The van der Waals surface area contributed by atoms with Crippen LogP contribution in [0.1, 0.15) is 53.2 Å². The standard InChI is InChI=1S/C30H34N4O2/c1-20-12-13-21(2)26(18-20)32-14-16-33(17-15-32)29(35)24-19-34(22-8-4-5-9-22)30(36)28-27(24)23-10-6-7-11-25(23)31(28)3/h6-7,10-13,18-19,22H,4-5,8-9,14-17H2,1-3H3. The molecule has 4 aromatic rings. The highest BCUT2D eigenvalue weighted by Crippen LogP contribution is 2.34. The van der Waals surface area contributed by atoms with Crippen LogP contribution >= 0.6 is 0 Å². The van der Waals surface area contributed by atoms with Crippen molar-refractivity contribution in [3.05, 3.63) is 75.7 Å². The normalized spacial score (nSPS) is 17.0. The fourth-order valence-electron chi connectivity index (χ4n) is 6.30. The Kier molecular flexibility index (Phi) is 5.62. The Morgan fingerprint density at radius 3 is 2.42 bits per heavy atom. The molecule has 0 atom stereocenters. The number of benzene rings is 2. The predicted molar refractivity (Wildman–Crippen MR) is 146 cm³/mol. The average molecular weight is 483 g/mol. The first-order valence-electron chi connectivity index (χ1n) is 13.2. The number of hydrogen-bond acceptors (Lipinski definition) is 3. The van der Waals surface area contributed by atoms with Crippen molar-refractivity contribution in [2.45, 2.75) is 45.6 Å². The molecular formula is C30H34N4O2. The van der Waals surface area contributed by atoms with Crippen LogP contribution in [0, 0.1) is 13.8 Å². The average Bonchev–Trinajstić information content (AvgIpc) is 3.53. The molecule has 36 heavy (non-hydrogen) atoms. The quantitative estimate of drug-likeness (QED) is 0.404. The van der Waals surface area contributed by atoms with Crippen molar-refractivity contribution in [1.29, 1.82) is 0 Å². The van der Waals surface area contributed by atoms with Crippen LogP contribution in [0.3, 0.4) is 0 Å². The maximum atomic E-state index is 14.1. The molecule has 0 unspecified atom stereocenters. The number of piperazine rings is 1. The highest BCUT2D eigenvalue weighted by molar-refractivity contribution is 6.17. The lowest BCUT2D eigenvalue weighted by molar-refractivity contribution is 0.0747. The van der Waals surface area contributed by atoms with E-state index >= 15 is 0 Å². The molecule has 186 valence electrons. The molecule has 2 aliphatic rings. The van der Waals surface area contributed by atoms with Gasteiger partial charge in [0.15, 0.2) is 0 Å². The molecule has 3 heterocycles. The van der Waals surface area contributed by atoms with E-state index < -0.39 is 0 Å². The van der Waals surface area contributed by atoms with Gasteiger partial charge in [0, 0.05) is 67.4 Å². The molecule has 1 aliphatic carbocycles. The second-order valence-electron chi connectivity index (χ2n) is 10.6. The van der Waals surface area contributed by atoms with Gasteiger partial charge in [-0.3, -0.25) is 9.59 Å². The SMILES string of the molecule is Cc1ccc(C)c(N2CCN(C(=O)c3cn(C4CCCC4)c(=O)c4c3c3ccccc3n4C)CC2)c1. The number of fused-ring (bicyclic) bond motifs is 3. The molecule has 0 spiro atoms. The number of para-hydroxylation sites is 1. The zero-order valence-electron chi connectivity index (χ0n) is 21.5. The maximum absolute atomic E-state index is 14.1.